The van der Waals surface area contributed by atoms with Crippen molar-refractivity contribution < 1.29 is 24.2 Å². The first-order valence-electron chi connectivity index (χ1n) is 7.84. The van der Waals surface area contributed by atoms with E-state index in [2.05, 4.69) is 5.32 Å². The second-order valence-corrected chi connectivity index (χ2v) is 6.39. The van der Waals surface area contributed by atoms with E-state index in [0.29, 0.717) is 17.1 Å². The molecule has 2 N–H and O–H groups in total. The predicted octanol–water partition coefficient (Wildman–Crippen LogP) is 3.15. The summed E-state index contributed by atoms with van der Waals surface area (Å²) in [6.07, 6.45) is 0. The number of carbonyl (C=O) groups excluding carboxylic acids is 1. The number of carboxylic acids is 1. The molecule has 0 bridgehead atoms. The van der Waals surface area contributed by atoms with Crippen LogP contribution in [0.3, 0.4) is 0 Å². The van der Waals surface area contributed by atoms with Gasteiger partial charge in [-0.05, 0) is 17.7 Å². The van der Waals surface area contributed by atoms with Crippen LogP contribution in [-0.2, 0) is 10.5 Å². The molecule has 0 aliphatic rings. The van der Waals surface area contributed by atoms with E-state index in [1.807, 2.05) is 18.2 Å². The number of anilines is 1. The number of nitriles is 1. The highest BCUT2D eigenvalue weighted by Gasteiger charge is 2.18. The predicted molar refractivity (Wildman–Crippen MR) is 102 cm³/mol. The lowest BCUT2D eigenvalue weighted by Gasteiger charge is -2.13. The molecule has 27 heavy (non-hydrogen) atoms. The lowest BCUT2D eigenvalue weighted by Crippen LogP contribution is -2.17. The maximum atomic E-state index is 12.2. The van der Waals surface area contributed by atoms with Crippen LogP contribution in [0.4, 0.5) is 5.69 Å². The van der Waals surface area contributed by atoms with Gasteiger partial charge in [0.05, 0.1) is 42.9 Å². The van der Waals surface area contributed by atoms with Gasteiger partial charge in [0.2, 0.25) is 5.91 Å². The summed E-state index contributed by atoms with van der Waals surface area (Å²) in [5, 5.41) is 20.7. The highest BCUT2D eigenvalue weighted by Crippen LogP contribution is 2.33. The molecule has 0 spiro atoms. The number of carboxylic acid groups (broad SMARTS) is 1. The smallest absolute Gasteiger partial charge is 0.337 e. The number of hydrogen-bond acceptors (Lipinski definition) is 6. The van der Waals surface area contributed by atoms with Crippen LogP contribution >= 0.6 is 11.8 Å². The largest absolute Gasteiger partial charge is 0.493 e. The minimum absolute atomic E-state index is 0.0851. The molecule has 8 heteroatoms. The number of ether oxygens (including phenoxy) is 2. The van der Waals surface area contributed by atoms with Gasteiger partial charge < -0.3 is 19.9 Å². The SMILES string of the molecule is COc1cc(NC(=O)CSCc2ccc(C#N)cc2)c(C(=O)O)cc1OC. The van der Waals surface area contributed by atoms with Gasteiger partial charge in [0.1, 0.15) is 0 Å². The number of benzene rings is 2. The standard InChI is InChI=1S/C19H18N2O5S/c1-25-16-7-14(19(23)24)15(8-17(16)26-2)21-18(22)11-27-10-13-5-3-12(9-20)4-6-13/h3-8H,10-11H2,1-2H3,(H,21,22)(H,23,24). The van der Waals surface area contributed by atoms with Gasteiger partial charge in [0.25, 0.3) is 0 Å². The lowest BCUT2D eigenvalue weighted by atomic mass is 10.1. The van der Waals surface area contributed by atoms with Crippen molar-refractivity contribution in [3.8, 4) is 17.6 Å². The minimum atomic E-state index is -1.18. The Morgan fingerprint density at radius 2 is 1.78 bits per heavy atom. The molecule has 0 saturated carbocycles. The van der Waals surface area contributed by atoms with Crippen molar-refractivity contribution in [3.05, 3.63) is 53.1 Å². The Morgan fingerprint density at radius 3 is 2.33 bits per heavy atom. The molecule has 0 heterocycles. The van der Waals surface area contributed by atoms with Gasteiger partial charge in [-0.1, -0.05) is 12.1 Å². The number of aromatic carboxylic acids is 1. The summed E-state index contributed by atoms with van der Waals surface area (Å²) >= 11 is 1.38. The Hall–Kier alpha value is -3.18. The first-order valence-corrected chi connectivity index (χ1v) is 9.00. The van der Waals surface area contributed by atoms with Gasteiger partial charge in [-0.15, -0.1) is 11.8 Å². The molecule has 140 valence electrons. The molecule has 0 aliphatic heterocycles. The van der Waals surface area contributed by atoms with Crippen LogP contribution < -0.4 is 14.8 Å². The van der Waals surface area contributed by atoms with Crippen molar-refractivity contribution >= 4 is 29.3 Å². The second-order valence-electron chi connectivity index (χ2n) is 5.41. The number of carbonyl (C=O) groups is 2. The molecule has 2 aromatic rings. The van der Waals surface area contributed by atoms with Gasteiger partial charge in [0, 0.05) is 17.9 Å². The Kier molecular flexibility index (Phi) is 7.08. The van der Waals surface area contributed by atoms with Crippen molar-refractivity contribution in [2.75, 3.05) is 25.3 Å². The Bertz CT molecular complexity index is 875. The van der Waals surface area contributed by atoms with E-state index in [-0.39, 0.29) is 28.7 Å². The number of nitrogens with zero attached hydrogens (tertiary/aromatic N) is 1. The molecule has 2 rings (SSSR count). The Labute approximate surface area is 160 Å². The summed E-state index contributed by atoms with van der Waals surface area (Å²) < 4.78 is 10.2. The number of methoxy groups -OCH3 is 2. The van der Waals surface area contributed by atoms with Crippen LogP contribution in [0.2, 0.25) is 0 Å². The summed E-state index contributed by atoms with van der Waals surface area (Å²) in [6.45, 7) is 0. The molecule has 0 aromatic heterocycles. The van der Waals surface area contributed by atoms with Crippen molar-refractivity contribution in [1.82, 2.24) is 0 Å². The zero-order chi connectivity index (χ0) is 19.8. The van der Waals surface area contributed by atoms with Gasteiger partial charge in [-0.3, -0.25) is 4.79 Å². The number of amides is 1. The third kappa shape index (κ3) is 5.39. The summed E-state index contributed by atoms with van der Waals surface area (Å²) in [5.41, 5.74) is 1.63. The van der Waals surface area contributed by atoms with Crippen LogP contribution in [0.15, 0.2) is 36.4 Å². The molecular weight excluding hydrogens is 368 g/mol. The minimum Gasteiger partial charge on any atom is -0.493 e. The molecular formula is C19H18N2O5S. The second kappa shape index (κ2) is 9.50. The average Bonchev–Trinajstić information content (AvgIpc) is 2.67. The zero-order valence-corrected chi connectivity index (χ0v) is 15.6. The van der Waals surface area contributed by atoms with E-state index in [9.17, 15) is 14.7 Å². The van der Waals surface area contributed by atoms with E-state index >= 15 is 0 Å². The number of hydrogen-bond donors (Lipinski definition) is 2. The third-order valence-corrected chi connectivity index (χ3v) is 4.62. The quantitative estimate of drug-likeness (QED) is 0.717. The first-order chi connectivity index (χ1) is 13.0. The van der Waals surface area contributed by atoms with Crippen molar-refractivity contribution in [3.63, 3.8) is 0 Å². The van der Waals surface area contributed by atoms with Crippen LogP contribution in [0.25, 0.3) is 0 Å². The van der Waals surface area contributed by atoms with E-state index in [1.165, 1.54) is 38.1 Å². The van der Waals surface area contributed by atoms with E-state index in [0.717, 1.165) is 5.56 Å². The fourth-order valence-electron chi connectivity index (χ4n) is 2.28. The maximum Gasteiger partial charge on any atom is 0.337 e. The van der Waals surface area contributed by atoms with Crippen LogP contribution in [0.1, 0.15) is 21.5 Å². The van der Waals surface area contributed by atoms with E-state index in [1.54, 1.807) is 12.1 Å². The highest BCUT2D eigenvalue weighted by atomic mass is 32.2. The fraction of sp³-hybridized carbons (Fsp3) is 0.211. The van der Waals surface area contributed by atoms with Gasteiger partial charge in [-0.25, -0.2) is 4.79 Å². The van der Waals surface area contributed by atoms with Crippen LogP contribution in [0, 0.1) is 11.3 Å². The molecule has 2 aromatic carbocycles. The van der Waals surface area contributed by atoms with Crippen molar-refractivity contribution in [2.45, 2.75) is 5.75 Å². The fourth-order valence-corrected chi connectivity index (χ4v) is 3.07. The molecule has 1 amide bonds. The zero-order valence-electron chi connectivity index (χ0n) is 14.8. The van der Waals surface area contributed by atoms with E-state index < -0.39 is 5.97 Å². The number of rotatable bonds is 8. The topological polar surface area (TPSA) is 109 Å². The maximum absolute atomic E-state index is 12.2. The lowest BCUT2D eigenvalue weighted by molar-refractivity contribution is -0.113. The molecule has 0 saturated heterocycles. The summed E-state index contributed by atoms with van der Waals surface area (Å²) in [7, 11) is 2.83. The summed E-state index contributed by atoms with van der Waals surface area (Å²) in [4.78, 5) is 23.6. The number of nitrogens with one attached hydrogen (secondary N) is 1. The van der Waals surface area contributed by atoms with Crippen LogP contribution in [-0.4, -0.2) is 37.0 Å². The molecule has 0 aliphatic carbocycles. The molecule has 0 fully saturated rings. The molecule has 0 unspecified atom stereocenters. The Morgan fingerprint density at radius 1 is 1.15 bits per heavy atom. The van der Waals surface area contributed by atoms with E-state index in [4.69, 9.17) is 14.7 Å². The van der Waals surface area contributed by atoms with Crippen LogP contribution in [0.5, 0.6) is 11.5 Å². The molecule has 0 atom stereocenters. The van der Waals surface area contributed by atoms with Crippen molar-refractivity contribution in [1.29, 1.82) is 5.26 Å². The summed E-state index contributed by atoms with van der Waals surface area (Å²) in [6, 6.07) is 11.9. The third-order valence-electron chi connectivity index (χ3n) is 3.61. The normalized spacial score (nSPS) is 9.96. The average molecular weight is 386 g/mol. The summed E-state index contributed by atoms with van der Waals surface area (Å²) in [5.74, 6) is -0.185. The van der Waals surface area contributed by atoms with Gasteiger partial charge in [-0.2, -0.15) is 5.26 Å². The van der Waals surface area contributed by atoms with Gasteiger partial charge >= 0.3 is 5.97 Å². The number of thioether (sulfide) groups is 1. The highest BCUT2D eigenvalue weighted by molar-refractivity contribution is 7.99. The van der Waals surface area contributed by atoms with Crippen molar-refractivity contribution in [2.24, 2.45) is 0 Å². The molecule has 0 radical (unpaired) electrons. The monoisotopic (exact) mass is 386 g/mol. The molecule has 7 nitrogen and oxygen atoms in total. The first kappa shape index (κ1) is 20.1. The Balaban J connectivity index is 2.01. The van der Waals surface area contributed by atoms with Gasteiger partial charge in [0.15, 0.2) is 11.5 Å².